The highest BCUT2D eigenvalue weighted by atomic mass is 79.9. The van der Waals surface area contributed by atoms with Crippen LogP contribution in [0.2, 0.25) is 0 Å². The van der Waals surface area contributed by atoms with E-state index in [1.54, 1.807) is 0 Å². The van der Waals surface area contributed by atoms with E-state index in [1.165, 1.54) is 5.56 Å². The number of carbonyl (C=O) groups excluding carboxylic acids is 1. The summed E-state index contributed by atoms with van der Waals surface area (Å²) in [5.41, 5.74) is 3.27. The zero-order chi connectivity index (χ0) is 18.7. The Balaban J connectivity index is 1.58. The van der Waals surface area contributed by atoms with Crippen LogP contribution in [0.1, 0.15) is 47.1 Å². The Bertz CT molecular complexity index is 813. The lowest BCUT2D eigenvalue weighted by molar-refractivity contribution is 0.0622. The second-order valence-corrected chi connectivity index (χ2v) is 7.62. The Morgan fingerprint density at radius 3 is 2.46 bits per heavy atom. The molecule has 1 aliphatic heterocycles. The molecule has 1 aliphatic rings. The SMILES string of the molecule is CC(C)c1[nH]nc(C(=O)N2CCN(Cc3ccc(C#N)cc3)CC2)c1Br. The number of aromatic nitrogens is 2. The molecule has 7 heteroatoms. The van der Waals surface area contributed by atoms with Crippen LogP contribution in [0.25, 0.3) is 0 Å². The summed E-state index contributed by atoms with van der Waals surface area (Å²) in [4.78, 5) is 16.9. The minimum Gasteiger partial charge on any atom is -0.335 e. The van der Waals surface area contributed by atoms with Crippen LogP contribution in [0.5, 0.6) is 0 Å². The fraction of sp³-hybridized carbons (Fsp3) is 0.421. The lowest BCUT2D eigenvalue weighted by Crippen LogP contribution is -2.48. The minimum absolute atomic E-state index is 0.0296. The number of nitriles is 1. The van der Waals surface area contributed by atoms with Crippen LogP contribution in [0.3, 0.4) is 0 Å². The molecule has 1 amide bonds. The van der Waals surface area contributed by atoms with E-state index >= 15 is 0 Å². The highest BCUT2D eigenvalue weighted by Crippen LogP contribution is 2.26. The Kier molecular flexibility index (Phi) is 5.74. The van der Waals surface area contributed by atoms with Crippen LogP contribution in [0.15, 0.2) is 28.7 Å². The molecule has 1 saturated heterocycles. The van der Waals surface area contributed by atoms with Gasteiger partial charge >= 0.3 is 0 Å². The predicted octanol–water partition coefficient (Wildman–Crippen LogP) is 3.13. The van der Waals surface area contributed by atoms with Gasteiger partial charge in [-0.3, -0.25) is 14.8 Å². The first kappa shape index (κ1) is 18.6. The number of H-pyrrole nitrogens is 1. The number of halogens is 1. The van der Waals surface area contributed by atoms with Crippen LogP contribution in [0.4, 0.5) is 0 Å². The summed E-state index contributed by atoms with van der Waals surface area (Å²) < 4.78 is 0.775. The number of piperazine rings is 1. The van der Waals surface area contributed by atoms with Crippen molar-refractivity contribution in [2.45, 2.75) is 26.3 Å². The Morgan fingerprint density at radius 1 is 1.27 bits per heavy atom. The van der Waals surface area contributed by atoms with E-state index in [0.717, 1.165) is 29.8 Å². The number of carbonyl (C=O) groups is 1. The molecule has 0 spiro atoms. The van der Waals surface area contributed by atoms with Crippen molar-refractivity contribution in [3.63, 3.8) is 0 Å². The first-order chi connectivity index (χ1) is 12.5. The molecule has 0 radical (unpaired) electrons. The van der Waals surface area contributed by atoms with E-state index in [-0.39, 0.29) is 11.8 Å². The lowest BCUT2D eigenvalue weighted by Gasteiger charge is -2.34. The number of hydrogen-bond donors (Lipinski definition) is 1. The molecule has 0 atom stereocenters. The molecule has 1 aromatic heterocycles. The molecule has 0 aliphatic carbocycles. The fourth-order valence-electron chi connectivity index (χ4n) is 3.07. The number of amides is 1. The molecular weight excluding hydrogens is 394 g/mol. The molecule has 136 valence electrons. The zero-order valence-corrected chi connectivity index (χ0v) is 16.6. The number of hydrogen-bond acceptors (Lipinski definition) is 4. The maximum atomic E-state index is 12.8. The summed E-state index contributed by atoms with van der Waals surface area (Å²) >= 11 is 3.51. The molecule has 6 nitrogen and oxygen atoms in total. The zero-order valence-electron chi connectivity index (χ0n) is 15.0. The van der Waals surface area contributed by atoms with Gasteiger partial charge in [0.05, 0.1) is 21.8 Å². The average Bonchev–Trinajstić information content (AvgIpc) is 3.04. The van der Waals surface area contributed by atoms with E-state index in [9.17, 15) is 4.79 Å². The van der Waals surface area contributed by atoms with Crippen LogP contribution < -0.4 is 0 Å². The summed E-state index contributed by atoms with van der Waals surface area (Å²) in [6, 6.07) is 9.80. The summed E-state index contributed by atoms with van der Waals surface area (Å²) in [7, 11) is 0. The molecule has 26 heavy (non-hydrogen) atoms. The van der Waals surface area contributed by atoms with Gasteiger partial charge < -0.3 is 4.90 Å². The van der Waals surface area contributed by atoms with Crippen LogP contribution in [-0.2, 0) is 6.54 Å². The first-order valence-corrected chi connectivity index (χ1v) is 9.53. The van der Waals surface area contributed by atoms with Crippen molar-refractivity contribution in [1.29, 1.82) is 5.26 Å². The molecule has 3 rings (SSSR count). The van der Waals surface area contributed by atoms with Crippen LogP contribution in [0, 0.1) is 11.3 Å². The quantitative estimate of drug-likeness (QED) is 0.831. The Labute approximate surface area is 161 Å². The van der Waals surface area contributed by atoms with Crippen LogP contribution >= 0.6 is 15.9 Å². The molecule has 0 saturated carbocycles. The molecule has 0 unspecified atom stereocenters. The van der Waals surface area contributed by atoms with Crippen molar-refractivity contribution < 1.29 is 4.79 Å². The third kappa shape index (κ3) is 3.97. The summed E-state index contributed by atoms with van der Waals surface area (Å²) in [5, 5.41) is 16.0. The maximum absolute atomic E-state index is 12.8. The third-order valence-electron chi connectivity index (χ3n) is 4.66. The fourth-order valence-corrected chi connectivity index (χ4v) is 3.87. The van der Waals surface area contributed by atoms with Gasteiger partial charge in [0.15, 0.2) is 5.69 Å². The second kappa shape index (κ2) is 8.02. The van der Waals surface area contributed by atoms with E-state index in [1.807, 2.05) is 29.2 Å². The van der Waals surface area contributed by atoms with Crippen molar-refractivity contribution in [1.82, 2.24) is 20.0 Å². The molecule has 2 aromatic rings. The number of nitrogens with zero attached hydrogens (tertiary/aromatic N) is 4. The first-order valence-electron chi connectivity index (χ1n) is 8.74. The standard InChI is InChI=1S/C19H22BrN5O/c1-13(2)17-16(20)18(23-22-17)19(26)25-9-7-24(8-10-25)12-15-5-3-14(11-21)4-6-15/h3-6,13H,7-10,12H2,1-2H3,(H,22,23). The van der Waals surface area contributed by atoms with Gasteiger partial charge in [-0.15, -0.1) is 0 Å². The number of aromatic amines is 1. The topological polar surface area (TPSA) is 76.0 Å². The molecular formula is C19H22BrN5O. The van der Waals surface area contributed by atoms with Gasteiger partial charge in [0.25, 0.3) is 5.91 Å². The van der Waals surface area contributed by atoms with Gasteiger partial charge in [-0.25, -0.2) is 0 Å². The van der Waals surface area contributed by atoms with Gasteiger partial charge in [0, 0.05) is 32.7 Å². The van der Waals surface area contributed by atoms with Gasteiger partial charge in [-0.2, -0.15) is 10.4 Å². The Morgan fingerprint density at radius 2 is 1.92 bits per heavy atom. The maximum Gasteiger partial charge on any atom is 0.275 e. The number of rotatable bonds is 4. The lowest BCUT2D eigenvalue weighted by atomic mass is 10.1. The van der Waals surface area contributed by atoms with E-state index in [4.69, 9.17) is 5.26 Å². The molecule has 2 heterocycles. The van der Waals surface area contributed by atoms with E-state index < -0.39 is 0 Å². The van der Waals surface area contributed by atoms with Gasteiger partial charge in [0.2, 0.25) is 0 Å². The smallest absolute Gasteiger partial charge is 0.275 e. The highest BCUT2D eigenvalue weighted by molar-refractivity contribution is 9.10. The predicted molar refractivity (Wildman–Crippen MR) is 103 cm³/mol. The monoisotopic (exact) mass is 415 g/mol. The third-order valence-corrected chi connectivity index (χ3v) is 5.46. The number of benzene rings is 1. The van der Waals surface area contributed by atoms with Gasteiger partial charge in [-0.05, 0) is 39.5 Å². The van der Waals surface area contributed by atoms with Crippen molar-refractivity contribution in [2.75, 3.05) is 26.2 Å². The largest absolute Gasteiger partial charge is 0.335 e. The summed E-state index contributed by atoms with van der Waals surface area (Å²) in [6.07, 6.45) is 0. The normalized spacial score (nSPS) is 15.3. The van der Waals surface area contributed by atoms with Crippen molar-refractivity contribution in [3.05, 3.63) is 51.3 Å². The summed E-state index contributed by atoms with van der Waals surface area (Å²) in [6.45, 7) is 7.98. The van der Waals surface area contributed by atoms with Gasteiger partial charge in [0.1, 0.15) is 0 Å². The molecule has 1 N–H and O–H groups in total. The van der Waals surface area contributed by atoms with Gasteiger partial charge in [-0.1, -0.05) is 26.0 Å². The second-order valence-electron chi connectivity index (χ2n) is 6.83. The Hall–Kier alpha value is -2.17. The van der Waals surface area contributed by atoms with Crippen molar-refractivity contribution >= 4 is 21.8 Å². The molecule has 0 bridgehead atoms. The minimum atomic E-state index is -0.0296. The van der Waals surface area contributed by atoms with Crippen molar-refractivity contribution in [2.24, 2.45) is 0 Å². The summed E-state index contributed by atoms with van der Waals surface area (Å²) in [5.74, 6) is 0.251. The van der Waals surface area contributed by atoms with E-state index in [2.05, 4.69) is 50.9 Å². The number of nitrogens with one attached hydrogen (secondary N) is 1. The molecule has 1 aromatic carbocycles. The van der Waals surface area contributed by atoms with E-state index in [0.29, 0.717) is 24.3 Å². The highest BCUT2D eigenvalue weighted by Gasteiger charge is 2.27. The molecule has 1 fully saturated rings. The average molecular weight is 416 g/mol. The van der Waals surface area contributed by atoms with Crippen LogP contribution in [-0.4, -0.2) is 52.1 Å². The van der Waals surface area contributed by atoms with Crippen molar-refractivity contribution in [3.8, 4) is 6.07 Å².